The molecule has 0 saturated heterocycles. The smallest absolute Gasteiger partial charge is 0.339 e. The standard InChI is InChI=1S/C25H22N2O4/c1-27(16-18-11-13-20(30-2)14-12-18)24(28)17-31-25(29)23-10-6-5-9-22(23)21-8-4-3-7-19(21)15-26/h3-14H,16-17H2,1-2H3. The maximum Gasteiger partial charge on any atom is 0.339 e. The molecule has 31 heavy (non-hydrogen) atoms. The van der Waals surface area contributed by atoms with Crippen LogP contribution in [0, 0.1) is 11.3 Å². The van der Waals surface area contributed by atoms with Crippen molar-refractivity contribution in [2.75, 3.05) is 20.8 Å². The molecule has 0 atom stereocenters. The molecule has 0 saturated carbocycles. The molecule has 6 heteroatoms. The average molecular weight is 414 g/mol. The summed E-state index contributed by atoms with van der Waals surface area (Å²) < 4.78 is 10.4. The van der Waals surface area contributed by atoms with Crippen molar-refractivity contribution in [3.8, 4) is 22.9 Å². The van der Waals surface area contributed by atoms with Gasteiger partial charge in [0.2, 0.25) is 0 Å². The van der Waals surface area contributed by atoms with E-state index in [9.17, 15) is 14.9 Å². The van der Waals surface area contributed by atoms with Crippen molar-refractivity contribution in [2.24, 2.45) is 0 Å². The van der Waals surface area contributed by atoms with Gasteiger partial charge in [-0.25, -0.2) is 4.79 Å². The Balaban J connectivity index is 1.67. The number of benzene rings is 3. The number of nitrogens with zero attached hydrogens (tertiary/aromatic N) is 2. The number of esters is 1. The number of hydrogen-bond acceptors (Lipinski definition) is 5. The predicted molar refractivity (Wildman–Crippen MR) is 116 cm³/mol. The van der Waals surface area contributed by atoms with Crippen molar-refractivity contribution >= 4 is 11.9 Å². The second-order valence-corrected chi connectivity index (χ2v) is 6.88. The molecule has 0 unspecified atom stereocenters. The number of methoxy groups -OCH3 is 1. The van der Waals surface area contributed by atoms with E-state index in [-0.39, 0.29) is 12.5 Å². The lowest BCUT2D eigenvalue weighted by Gasteiger charge is -2.18. The van der Waals surface area contributed by atoms with Crippen LogP contribution in [0.4, 0.5) is 0 Å². The molecule has 0 bridgehead atoms. The van der Waals surface area contributed by atoms with E-state index in [1.165, 1.54) is 4.90 Å². The van der Waals surface area contributed by atoms with Crippen LogP contribution in [0.25, 0.3) is 11.1 Å². The molecule has 3 rings (SSSR count). The first kappa shape index (κ1) is 21.6. The minimum absolute atomic E-state index is 0.302. The third-order valence-electron chi connectivity index (χ3n) is 4.82. The maximum atomic E-state index is 12.7. The Morgan fingerprint density at radius 2 is 1.58 bits per heavy atom. The van der Waals surface area contributed by atoms with Gasteiger partial charge in [0.05, 0.1) is 24.3 Å². The monoisotopic (exact) mass is 414 g/mol. The molecular weight excluding hydrogens is 392 g/mol. The molecular formula is C25H22N2O4. The normalized spacial score (nSPS) is 10.1. The van der Waals surface area contributed by atoms with E-state index in [4.69, 9.17) is 9.47 Å². The molecule has 0 aliphatic carbocycles. The van der Waals surface area contributed by atoms with Crippen LogP contribution in [-0.4, -0.2) is 37.5 Å². The lowest BCUT2D eigenvalue weighted by Crippen LogP contribution is -2.30. The number of likely N-dealkylation sites (N-methyl/N-ethyl adjacent to an activating group) is 1. The molecule has 0 N–H and O–H groups in total. The van der Waals surface area contributed by atoms with Crippen LogP contribution in [0.1, 0.15) is 21.5 Å². The van der Waals surface area contributed by atoms with Crippen LogP contribution in [-0.2, 0) is 16.1 Å². The van der Waals surface area contributed by atoms with Crippen molar-refractivity contribution in [3.05, 3.63) is 89.5 Å². The van der Waals surface area contributed by atoms with E-state index in [0.29, 0.717) is 28.8 Å². The number of hydrogen-bond donors (Lipinski definition) is 0. The van der Waals surface area contributed by atoms with Crippen molar-refractivity contribution in [1.82, 2.24) is 4.90 Å². The van der Waals surface area contributed by atoms with Gasteiger partial charge in [-0.05, 0) is 35.4 Å². The van der Waals surface area contributed by atoms with Crippen molar-refractivity contribution in [3.63, 3.8) is 0 Å². The third-order valence-corrected chi connectivity index (χ3v) is 4.82. The molecule has 156 valence electrons. The SMILES string of the molecule is COc1ccc(CN(C)C(=O)COC(=O)c2ccccc2-c2ccccc2C#N)cc1. The summed E-state index contributed by atoms with van der Waals surface area (Å²) in [5.74, 6) is -0.197. The fourth-order valence-corrected chi connectivity index (χ4v) is 3.12. The molecule has 3 aromatic carbocycles. The molecule has 0 radical (unpaired) electrons. The lowest BCUT2D eigenvalue weighted by atomic mass is 9.96. The van der Waals surface area contributed by atoms with Gasteiger partial charge in [-0.2, -0.15) is 5.26 Å². The van der Waals surface area contributed by atoms with E-state index in [2.05, 4.69) is 6.07 Å². The molecule has 0 aliphatic rings. The van der Waals surface area contributed by atoms with E-state index in [0.717, 1.165) is 11.3 Å². The van der Waals surface area contributed by atoms with Gasteiger partial charge in [0.25, 0.3) is 5.91 Å². The van der Waals surface area contributed by atoms with Crippen molar-refractivity contribution in [2.45, 2.75) is 6.54 Å². The zero-order valence-corrected chi connectivity index (χ0v) is 17.4. The van der Waals surface area contributed by atoms with Crippen LogP contribution in [0.5, 0.6) is 5.75 Å². The van der Waals surface area contributed by atoms with Gasteiger partial charge < -0.3 is 14.4 Å². The average Bonchev–Trinajstić information content (AvgIpc) is 2.82. The molecule has 6 nitrogen and oxygen atoms in total. The summed E-state index contributed by atoms with van der Waals surface area (Å²) in [6.45, 7) is 0.00618. The fraction of sp³-hybridized carbons (Fsp3) is 0.160. The van der Waals surface area contributed by atoms with Crippen LogP contribution < -0.4 is 4.74 Å². The Kier molecular flexibility index (Phi) is 7.02. The first-order valence-corrected chi connectivity index (χ1v) is 9.66. The highest BCUT2D eigenvalue weighted by Gasteiger charge is 2.18. The van der Waals surface area contributed by atoms with Crippen LogP contribution in [0.2, 0.25) is 0 Å². The minimum Gasteiger partial charge on any atom is -0.497 e. The molecule has 0 aromatic heterocycles. The molecule has 0 spiro atoms. The zero-order valence-electron chi connectivity index (χ0n) is 17.4. The quantitative estimate of drug-likeness (QED) is 0.545. The van der Waals surface area contributed by atoms with Gasteiger partial charge in [0.1, 0.15) is 5.75 Å². The highest BCUT2D eigenvalue weighted by atomic mass is 16.5. The number of carbonyl (C=O) groups excluding carboxylic acids is 2. The van der Waals surface area contributed by atoms with Gasteiger partial charge in [-0.15, -0.1) is 0 Å². The molecule has 0 aliphatic heterocycles. The molecule has 3 aromatic rings. The Morgan fingerprint density at radius 3 is 2.26 bits per heavy atom. The van der Waals surface area contributed by atoms with E-state index < -0.39 is 5.97 Å². The van der Waals surface area contributed by atoms with Gasteiger partial charge in [-0.3, -0.25) is 4.79 Å². The predicted octanol–water partition coefficient (Wildman–Crippen LogP) is 4.05. The van der Waals surface area contributed by atoms with Crippen molar-refractivity contribution < 1.29 is 19.1 Å². The van der Waals surface area contributed by atoms with E-state index in [1.807, 2.05) is 24.3 Å². The summed E-state index contributed by atoms with van der Waals surface area (Å²) in [6.07, 6.45) is 0. The van der Waals surface area contributed by atoms with Gasteiger partial charge >= 0.3 is 5.97 Å². The fourth-order valence-electron chi connectivity index (χ4n) is 3.12. The Labute approximate surface area is 181 Å². The van der Waals surface area contributed by atoms with E-state index in [1.54, 1.807) is 62.7 Å². The lowest BCUT2D eigenvalue weighted by molar-refractivity contribution is -0.133. The summed E-state index contributed by atoms with van der Waals surface area (Å²) in [5, 5.41) is 9.37. The van der Waals surface area contributed by atoms with Crippen LogP contribution in [0.15, 0.2) is 72.8 Å². The number of amides is 1. The maximum absolute atomic E-state index is 12.7. The summed E-state index contributed by atoms with van der Waals surface area (Å²) in [7, 11) is 3.24. The highest BCUT2D eigenvalue weighted by Crippen LogP contribution is 2.27. The van der Waals surface area contributed by atoms with Gasteiger partial charge in [0.15, 0.2) is 6.61 Å². The van der Waals surface area contributed by atoms with Crippen LogP contribution >= 0.6 is 0 Å². The second kappa shape index (κ2) is 10.1. The van der Waals surface area contributed by atoms with Gasteiger partial charge in [-0.1, -0.05) is 48.5 Å². The van der Waals surface area contributed by atoms with Gasteiger partial charge in [0, 0.05) is 19.2 Å². The van der Waals surface area contributed by atoms with Crippen molar-refractivity contribution in [1.29, 1.82) is 5.26 Å². The molecule has 0 heterocycles. The molecule has 0 fully saturated rings. The Hall–Kier alpha value is -4.11. The second-order valence-electron chi connectivity index (χ2n) is 6.88. The third kappa shape index (κ3) is 5.28. The summed E-state index contributed by atoms with van der Waals surface area (Å²) >= 11 is 0. The summed E-state index contributed by atoms with van der Waals surface area (Å²) in [4.78, 5) is 26.6. The summed E-state index contributed by atoms with van der Waals surface area (Å²) in [6, 6.07) is 23.4. The Bertz CT molecular complexity index is 1120. The van der Waals surface area contributed by atoms with E-state index >= 15 is 0 Å². The summed E-state index contributed by atoms with van der Waals surface area (Å²) in [5.41, 5.74) is 2.92. The topological polar surface area (TPSA) is 79.6 Å². The zero-order chi connectivity index (χ0) is 22.2. The number of rotatable bonds is 7. The minimum atomic E-state index is -0.616. The first-order chi connectivity index (χ1) is 15.0. The number of carbonyl (C=O) groups is 2. The molecule has 1 amide bonds. The first-order valence-electron chi connectivity index (χ1n) is 9.66. The largest absolute Gasteiger partial charge is 0.497 e. The highest BCUT2D eigenvalue weighted by molar-refractivity contribution is 5.98. The Morgan fingerprint density at radius 1 is 0.935 bits per heavy atom. The van der Waals surface area contributed by atoms with Crippen LogP contribution in [0.3, 0.4) is 0 Å². The number of ether oxygens (including phenoxy) is 2. The number of nitriles is 1.